The number of hydrogen-bond acceptors (Lipinski definition) is 2. The van der Waals surface area contributed by atoms with Gasteiger partial charge in [-0.25, -0.2) is 9.18 Å². The number of carbonyl (C=O) groups is 1. The first-order valence-electron chi connectivity index (χ1n) is 7.07. The molecule has 1 aliphatic rings. The van der Waals surface area contributed by atoms with Gasteiger partial charge in [0.15, 0.2) is 0 Å². The highest BCUT2D eigenvalue weighted by Gasteiger charge is 2.20. The van der Waals surface area contributed by atoms with E-state index in [9.17, 15) is 14.3 Å². The summed E-state index contributed by atoms with van der Waals surface area (Å²) < 4.78 is 13.0. The number of aliphatic hydroxyl groups is 1. The van der Waals surface area contributed by atoms with Crippen molar-refractivity contribution < 1.29 is 14.3 Å². The number of hydrogen-bond donors (Lipinski definition) is 3. The molecule has 0 heterocycles. The third-order valence-corrected chi connectivity index (χ3v) is 3.65. The van der Waals surface area contributed by atoms with Crippen molar-refractivity contribution in [2.45, 2.75) is 38.3 Å². The van der Waals surface area contributed by atoms with E-state index in [4.69, 9.17) is 0 Å². The molecule has 1 aromatic carbocycles. The lowest BCUT2D eigenvalue weighted by Gasteiger charge is -2.25. The van der Waals surface area contributed by atoms with Crippen LogP contribution in [0.5, 0.6) is 0 Å². The van der Waals surface area contributed by atoms with E-state index in [1.807, 2.05) is 0 Å². The Balaban J connectivity index is 1.67. The van der Waals surface area contributed by atoms with Crippen LogP contribution in [0.1, 0.15) is 31.2 Å². The van der Waals surface area contributed by atoms with E-state index in [1.165, 1.54) is 12.1 Å². The van der Waals surface area contributed by atoms with Crippen molar-refractivity contribution in [1.82, 2.24) is 10.6 Å². The van der Waals surface area contributed by atoms with Gasteiger partial charge in [0.05, 0.1) is 6.10 Å². The molecular formula is C15H21FN2O2. The zero-order valence-corrected chi connectivity index (χ0v) is 11.4. The van der Waals surface area contributed by atoms with Crippen LogP contribution in [0.3, 0.4) is 0 Å². The highest BCUT2D eigenvalue weighted by atomic mass is 19.1. The van der Waals surface area contributed by atoms with Crippen LogP contribution in [0.15, 0.2) is 24.3 Å². The van der Waals surface area contributed by atoms with E-state index in [2.05, 4.69) is 10.6 Å². The van der Waals surface area contributed by atoms with Gasteiger partial charge in [-0.1, -0.05) is 18.6 Å². The summed E-state index contributed by atoms with van der Waals surface area (Å²) in [5.41, 5.74) is 0.730. The number of rotatable bonds is 4. The molecule has 110 valence electrons. The highest BCUT2D eigenvalue weighted by molar-refractivity contribution is 5.73. The summed E-state index contributed by atoms with van der Waals surface area (Å²) >= 11 is 0. The minimum Gasteiger partial charge on any atom is -0.393 e. The average Bonchev–Trinajstić information content (AvgIpc) is 2.43. The molecule has 1 fully saturated rings. The standard InChI is InChI=1S/C15H21FN2O2/c16-13-5-1-3-11(7-13)9-17-15(20)18-10-12-4-2-6-14(19)8-12/h1,3,5,7,12,14,19H,2,4,6,8-10H2,(H2,17,18,20). The third kappa shape index (κ3) is 4.81. The zero-order chi connectivity index (χ0) is 14.4. The Bertz CT molecular complexity index is 453. The smallest absolute Gasteiger partial charge is 0.315 e. The molecule has 2 unspecified atom stereocenters. The maximum Gasteiger partial charge on any atom is 0.315 e. The van der Waals surface area contributed by atoms with Crippen LogP contribution in [0.4, 0.5) is 9.18 Å². The molecule has 1 saturated carbocycles. The lowest BCUT2D eigenvalue weighted by atomic mass is 9.87. The van der Waals surface area contributed by atoms with Gasteiger partial charge < -0.3 is 15.7 Å². The Morgan fingerprint density at radius 1 is 1.35 bits per heavy atom. The minimum atomic E-state index is -0.305. The van der Waals surface area contributed by atoms with Crippen LogP contribution in [0.2, 0.25) is 0 Å². The second kappa shape index (κ2) is 7.24. The Morgan fingerprint density at radius 3 is 2.95 bits per heavy atom. The first-order chi connectivity index (χ1) is 9.63. The highest BCUT2D eigenvalue weighted by Crippen LogP contribution is 2.23. The summed E-state index contributed by atoms with van der Waals surface area (Å²) in [5, 5.41) is 15.1. The molecule has 2 amide bonds. The molecule has 1 aromatic rings. The van der Waals surface area contributed by atoms with Gasteiger partial charge in [-0.3, -0.25) is 0 Å². The van der Waals surface area contributed by atoms with Crippen molar-refractivity contribution in [3.05, 3.63) is 35.6 Å². The van der Waals surface area contributed by atoms with Crippen molar-refractivity contribution in [2.75, 3.05) is 6.54 Å². The van der Waals surface area contributed by atoms with Crippen LogP contribution in [0, 0.1) is 11.7 Å². The number of urea groups is 1. The van der Waals surface area contributed by atoms with Gasteiger partial charge in [0.1, 0.15) is 5.82 Å². The Kier molecular flexibility index (Phi) is 5.35. The predicted octanol–water partition coefficient (Wildman–Crippen LogP) is 2.18. The molecule has 3 N–H and O–H groups in total. The lowest BCUT2D eigenvalue weighted by Crippen LogP contribution is -2.39. The zero-order valence-electron chi connectivity index (χ0n) is 11.4. The van der Waals surface area contributed by atoms with Crippen molar-refractivity contribution in [3.63, 3.8) is 0 Å². The van der Waals surface area contributed by atoms with Crippen molar-refractivity contribution >= 4 is 6.03 Å². The normalized spacial score (nSPS) is 22.3. The third-order valence-electron chi connectivity index (χ3n) is 3.65. The van der Waals surface area contributed by atoms with Gasteiger partial charge in [-0.15, -0.1) is 0 Å². The van der Waals surface area contributed by atoms with Gasteiger partial charge >= 0.3 is 6.03 Å². The Morgan fingerprint density at radius 2 is 2.20 bits per heavy atom. The Hall–Kier alpha value is -1.62. The molecule has 20 heavy (non-hydrogen) atoms. The molecule has 0 aromatic heterocycles. The van der Waals surface area contributed by atoms with Gasteiger partial charge in [-0.2, -0.15) is 0 Å². The van der Waals surface area contributed by atoms with Crippen molar-refractivity contribution in [1.29, 1.82) is 0 Å². The van der Waals surface area contributed by atoms with Crippen molar-refractivity contribution in [3.8, 4) is 0 Å². The first kappa shape index (κ1) is 14.8. The van der Waals surface area contributed by atoms with Crippen LogP contribution in [-0.4, -0.2) is 23.8 Å². The molecule has 0 saturated heterocycles. The molecule has 4 nitrogen and oxygen atoms in total. The molecule has 0 aliphatic heterocycles. The fourth-order valence-electron chi connectivity index (χ4n) is 2.58. The summed E-state index contributed by atoms with van der Waals surface area (Å²) in [6, 6.07) is 5.90. The quantitative estimate of drug-likeness (QED) is 0.791. The summed E-state index contributed by atoms with van der Waals surface area (Å²) in [7, 11) is 0. The monoisotopic (exact) mass is 280 g/mol. The van der Waals surface area contributed by atoms with E-state index in [0.29, 0.717) is 19.0 Å². The van der Waals surface area contributed by atoms with Crippen LogP contribution in [-0.2, 0) is 6.54 Å². The average molecular weight is 280 g/mol. The first-order valence-corrected chi connectivity index (χ1v) is 7.07. The van der Waals surface area contributed by atoms with E-state index in [1.54, 1.807) is 12.1 Å². The number of aliphatic hydroxyl groups excluding tert-OH is 1. The number of carbonyl (C=O) groups excluding carboxylic acids is 1. The molecule has 0 spiro atoms. The van der Waals surface area contributed by atoms with Gasteiger partial charge in [0, 0.05) is 13.1 Å². The number of nitrogens with one attached hydrogen (secondary N) is 2. The van der Waals surface area contributed by atoms with Gasteiger partial charge in [0.2, 0.25) is 0 Å². The van der Waals surface area contributed by atoms with E-state index < -0.39 is 0 Å². The van der Waals surface area contributed by atoms with Crippen LogP contribution >= 0.6 is 0 Å². The van der Waals surface area contributed by atoms with E-state index in [0.717, 1.165) is 31.2 Å². The topological polar surface area (TPSA) is 61.4 Å². The number of halogens is 1. The van der Waals surface area contributed by atoms with Gasteiger partial charge in [-0.05, 0) is 42.9 Å². The fraction of sp³-hybridized carbons (Fsp3) is 0.533. The lowest BCUT2D eigenvalue weighted by molar-refractivity contribution is 0.101. The maximum atomic E-state index is 13.0. The molecular weight excluding hydrogens is 259 g/mol. The van der Waals surface area contributed by atoms with Crippen LogP contribution in [0.25, 0.3) is 0 Å². The molecule has 1 aliphatic carbocycles. The summed E-state index contributed by atoms with van der Waals surface area (Å²) in [6.45, 7) is 0.878. The van der Waals surface area contributed by atoms with Crippen LogP contribution < -0.4 is 10.6 Å². The Labute approximate surface area is 118 Å². The molecule has 0 bridgehead atoms. The molecule has 5 heteroatoms. The summed E-state index contributed by atoms with van der Waals surface area (Å²) in [6.07, 6.45) is 3.44. The van der Waals surface area contributed by atoms with E-state index in [-0.39, 0.29) is 18.0 Å². The second-order valence-corrected chi connectivity index (χ2v) is 5.38. The van der Waals surface area contributed by atoms with Gasteiger partial charge in [0.25, 0.3) is 0 Å². The minimum absolute atomic E-state index is 0.231. The number of benzene rings is 1. The second-order valence-electron chi connectivity index (χ2n) is 5.38. The predicted molar refractivity (Wildman–Crippen MR) is 74.6 cm³/mol. The maximum absolute atomic E-state index is 13.0. The SMILES string of the molecule is O=C(NCc1cccc(F)c1)NCC1CCCC(O)C1. The molecule has 0 radical (unpaired) electrons. The summed E-state index contributed by atoms with van der Waals surface area (Å²) in [4.78, 5) is 11.6. The van der Waals surface area contributed by atoms with Crippen molar-refractivity contribution in [2.24, 2.45) is 5.92 Å². The summed E-state index contributed by atoms with van der Waals surface area (Å²) in [5.74, 6) is 0.0413. The largest absolute Gasteiger partial charge is 0.393 e. The number of amides is 2. The molecule has 2 atom stereocenters. The fourth-order valence-corrected chi connectivity index (χ4v) is 2.58. The van der Waals surface area contributed by atoms with E-state index >= 15 is 0 Å². The molecule has 2 rings (SSSR count).